The molecule has 0 aromatic heterocycles. The van der Waals surface area contributed by atoms with E-state index >= 15 is 0 Å². The van der Waals surface area contributed by atoms with E-state index in [-0.39, 0.29) is 11.9 Å². The van der Waals surface area contributed by atoms with Crippen molar-refractivity contribution in [2.75, 3.05) is 19.7 Å². The van der Waals surface area contributed by atoms with Crippen molar-refractivity contribution in [1.29, 1.82) is 0 Å². The predicted octanol–water partition coefficient (Wildman–Crippen LogP) is 2.06. The van der Waals surface area contributed by atoms with Crippen LogP contribution in [0.5, 0.6) is 5.75 Å². The number of carbonyl (C=O) groups is 1. The fourth-order valence-electron chi connectivity index (χ4n) is 2.12. The zero-order valence-corrected chi connectivity index (χ0v) is 11.6. The number of ether oxygens (including phenoxy) is 1. The van der Waals surface area contributed by atoms with Gasteiger partial charge in [0.25, 0.3) is 0 Å². The number of hydrogen-bond donors (Lipinski definition) is 1. The summed E-state index contributed by atoms with van der Waals surface area (Å²) >= 11 is 5.78. The number of likely N-dealkylation sites (tertiary alicyclic amines) is 1. The van der Waals surface area contributed by atoms with Crippen LogP contribution in [0.4, 0.5) is 0 Å². The maximum Gasteiger partial charge on any atom is 0.222 e. The lowest BCUT2D eigenvalue weighted by Gasteiger charge is -2.15. The summed E-state index contributed by atoms with van der Waals surface area (Å²) < 4.78 is 5.54. The van der Waals surface area contributed by atoms with Crippen LogP contribution in [0.2, 0.25) is 5.02 Å². The van der Waals surface area contributed by atoms with Crippen molar-refractivity contribution < 1.29 is 9.53 Å². The Balaban J connectivity index is 1.64. The molecule has 1 aromatic carbocycles. The number of amides is 1. The van der Waals surface area contributed by atoms with Crippen molar-refractivity contribution in [3.63, 3.8) is 0 Å². The van der Waals surface area contributed by atoms with Gasteiger partial charge in [0, 0.05) is 30.6 Å². The van der Waals surface area contributed by atoms with Gasteiger partial charge in [0.1, 0.15) is 5.75 Å². The molecule has 4 nitrogen and oxygen atoms in total. The lowest BCUT2D eigenvalue weighted by molar-refractivity contribution is -0.130. The maximum absolute atomic E-state index is 11.8. The first-order valence-electron chi connectivity index (χ1n) is 6.57. The van der Waals surface area contributed by atoms with Crippen LogP contribution in [0.3, 0.4) is 0 Å². The molecule has 1 aromatic rings. The Morgan fingerprint density at radius 1 is 1.42 bits per heavy atom. The third-order valence-electron chi connectivity index (χ3n) is 3.19. The van der Waals surface area contributed by atoms with Crippen LogP contribution in [-0.2, 0) is 4.79 Å². The molecule has 0 radical (unpaired) electrons. The van der Waals surface area contributed by atoms with E-state index in [0.717, 1.165) is 18.7 Å². The molecule has 1 atom stereocenters. The molecule has 0 aliphatic carbocycles. The average molecular weight is 283 g/mol. The van der Waals surface area contributed by atoms with Crippen LogP contribution in [0.25, 0.3) is 0 Å². The normalized spacial score (nSPS) is 18.6. The van der Waals surface area contributed by atoms with E-state index in [4.69, 9.17) is 22.1 Å². The Bertz CT molecular complexity index is 422. The summed E-state index contributed by atoms with van der Waals surface area (Å²) in [5.41, 5.74) is 5.78. The SMILES string of the molecule is NC1CCN(C(=O)CCCOc2ccc(Cl)cc2)C1. The molecule has 0 spiro atoms. The molecule has 1 saturated heterocycles. The van der Waals surface area contributed by atoms with Crippen molar-refractivity contribution in [2.24, 2.45) is 5.73 Å². The van der Waals surface area contributed by atoms with Gasteiger partial charge in [-0.05, 0) is 37.1 Å². The number of rotatable bonds is 5. The van der Waals surface area contributed by atoms with Crippen molar-refractivity contribution in [2.45, 2.75) is 25.3 Å². The lowest BCUT2D eigenvalue weighted by atomic mass is 10.3. The molecule has 2 rings (SSSR count). The summed E-state index contributed by atoms with van der Waals surface area (Å²) in [6.07, 6.45) is 2.14. The van der Waals surface area contributed by atoms with E-state index in [9.17, 15) is 4.79 Å². The second kappa shape index (κ2) is 6.78. The Labute approximate surface area is 118 Å². The maximum atomic E-state index is 11.8. The van der Waals surface area contributed by atoms with Gasteiger partial charge < -0.3 is 15.4 Å². The molecule has 2 N–H and O–H groups in total. The highest BCUT2D eigenvalue weighted by Crippen LogP contribution is 2.16. The average Bonchev–Trinajstić information content (AvgIpc) is 2.83. The van der Waals surface area contributed by atoms with Gasteiger partial charge in [-0.3, -0.25) is 4.79 Å². The summed E-state index contributed by atoms with van der Waals surface area (Å²) in [5, 5.41) is 0.688. The fraction of sp³-hybridized carbons (Fsp3) is 0.500. The fourth-order valence-corrected chi connectivity index (χ4v) is 2.24. The molecule has 1 fully saturated rings. The Kier molecular flexibility index (Phi) is 5.05. The molecular formula is C14H19ClN2O2. The smallest absolute Gasteiger partial charge is 0.222 e. The Morgan fingerprint density at radius 2 is 2.16 bits per heavy atom. The van der Waals surface area contributed by atoms with Gasteiger partial charge in [0.05, 0.1) is 6.61 Å². The third-order valence-corrected chi connectivity index (χ3v) is 3.45. The van der Waals surface area contributed by atoms with Crippen molar-refractivity contribution in [1.82, 2.24) is 4.90 Å². The summed E-state index contributed by atoms with van der Waals surface area (Å²) in [7, 11) is 0. The van der Waals surface area contributed by atoms with E-state index in [1.165, 1.54) is 0 Å². The molecule has 1 aliphatic rings. The molecule has 5 heteroatoms. The van der Waals surface area contributed by atoms with E-state index in [2.05, 4.69) is 0 Å². The zero-order chi connectivity index (χ0) is 13.7. The number of halogens is 1. The first kappa shape index (κ1) is 14.2. The molecule has 0 saturated carbocycles. The second-order valence-corrected chi connectivity index (χ2v) is 5.23. The number of benzene rings is 1. The first-order chi connectivity index (χ1) is 9.15. The Morgan fingerprint density at radius 3 is 2.79 bits per heavy atom. The van der Waals surface area contributed by atoms with Crippen LogP contribution in [0.1, 0.15) is 19.3 Å². The second-order valence-electron chi connectivity index (χ2n) is 4.79. The van der Waals surface area contributed by atoms with Crippen LogP contribution in [0, 0.1) is 0 Å². The van der Waals surface area contributed by atoms with E-state index in [0.29, 0.717) is 31.0 Å². The van der Waals surface area contributed by atoms with Gasteiger partial charge in [-0.2, -0.15) is 0 Å². The van der Waals surface area contributed by atoms with Crippen molar-refractivity contribution in [3.05, 3.63) is 29.3 Å². The number of nitrogens with zero attached hydrogens (tertiary/aromatic N) is 1. The van der Waals surface area contributed by atoms with Crippen molar-refractivity contribution >= 4 is 17.5 Å². The monoisotopic (exact) mass is 282 g/mol. The van der Waals surface area contributed by atoms with E-state index in [1.54, 1.807) is 12.1 Å². The third kappa shape index (κ3) is 4.40. The molecular weight excluding hydrogens is 264 g/mol. The summed E-state index contributed by atoms with van der Waals surface area (Å²) in [6, 6.07) is 7.36. The van der Waals surface area contributed by atoms with Gasteiger partial charge in [0.2, 0.25) is 5.91 Å². The topological polar surface area (TPSA) is 55.6 Å². The predicted molar refractivity (Wildman–Crippen MR) is 75.4 cm³/mol. The van der Waals surface area contributed by atoms with E-state index in [1.807, 2.05) is 17.0 Å². The molecule has 19 heavy (non-hydrogen) atoms. The largest absolute Gasteiger partial charge is 0.494 e. The minimum atomic E-state index is 0.147. The molecule has 1 amide bonds. The molecule has 1 aliphatic heterocycles. The van der Waals surface area contributed by atoms with Gasteiger partial charge in [0.15, 0.2) is 0 Å². The summed E-state index contributed by atoms with van der Waals surface area (Å²) in [5.74, 6) is 0.952. The lowest BCUT2D eigenvalue weighted by Crippen LogP contribution is -2.31. The highest BCUT2D eigenvalue weighted by molar-refractivity contribution is 6.30. The number of hydrogen-bond acceptors (Lipinski definition) is 3. The van der Waals surface area contributed by atoms with E-state index < -0.39 is 0 Å². The summed E-state index contributed by atoms with van der Waals surface area (Å²) in [6.45, 7) is 2.02. The van der Waals surface area contributed by atoms with Gasteiger partial charge in [-0.15, -0.1) is 0 Å². The highest BCUT2D eigenvalue weighted by Gasteiger charge is 2.22. The zero-order valence-electron chi connectivity index (χ0n) is 10.8. The quantitative estimate of drug-likeness (QED) is 0.841. The minimum Gasteiger partial charge on any atom is -0.494 e. The van der Waals surface area contributed by atoms with Gasteiger partial charge in [-0.1, -0.05) is 11.6 Å². The molecule has 0 bridgehead atoms. The van der Waals surface area contributed by atoms with Crippen LogP contribution in [0.15, 0.2) is 24.3 Å². The van der Waals surface area contributed by atoms with Crippen LogP contribution < -0.4 is 10.5 Å². The van der Waals surface area contributed by atoms with Crippen LogP contribution in [-0.4, -0.2) is 36.5 Å². The first-order valence-corrected chi connectivity index (χ1v) is 6.94. The van der Waals surface area contributed by atoms with Gasteiger partial charge in [-0.25, -0.2) is 0 Å². The van der Waals surface area contributed by atoms with Crippen LogP contribution >= 0.6 is 11.6 Å². The van der Waals surface area contributed by atoms with Crippen molar-refractivity contribution in [3.8, 4) is 5.75 Å². The minimum absolute atomic E-state index is 0.147. The van der Waals surface area contributed by atoms with Gasteiger partial charge >= 0.3 is 0 Å². The number of nitrogens with two attached hydrogens (primary N) is 1. The number of carbonyl (C=O) groups excluding carboxylic acids is 1. The highest BCUT2D eigenvalue weighted by atomic mass is 35.5. The molecule has 104 valence electrons. The standard InChI is InChI=1S/C14H19ClN2O2/c15-11-3-5-13(6-4-11)19-9-1-2-14(18)17-8-7-12(16)10-17/h3-6,12H,1-2,7-10,16H2. The summed E-state index contributed by atoms with van der Waals surface area (Å²) in [4.78, 5) is 13.7. The molecule has 1 heterocycles. The Hall–Kier alpha value is -1.26. The molecule has 1 unspecified atom stereocenters.